The predicted octanol–water partition coefficient (Wildman–Crippen LogP) is 2.10. The topological polar surface area (TPSA) is 47.3 Å². The van der Waals surface area contributed by atoms with Gasteiger partial charge in [-0.3, -0.25) is 0 Å². The van der Waals surface area contributed by atoms with Crippen LogP contribution in [-0.2, 0) is 6.42 Å². The molecule has 1 atom stereocenters. The molecule has 1 aromatic rings. The van der Waals surface area contributed by atoms with Crippen LogP contribution in [-0.4, -0.2) is 26.2 Å². The Kier molecular flexibility index (Phi) is 5.63. The van der Waals surface area contributed by atoms with Crippen LogP contribution < -0.4 is 15.8 Å². The van der Waals surface area contributed by atoms with Gasteiger partial charge in [-0.2, -0.15) is 0 Å². The number of aryl methyl sites for hydroxylation is 1. The number of hydrogen-bond donors (Lipinski definition) is 2. The highest BCUT2D eigenvalue weighted by Gasteiger charge is 2.10. The number of methoxy groups -OCH3 is 1. The van der Waals surface area contributed by atoms with Crippen LogP contribution in [0.5, 0.6) is 5.75 Å². The van der Waals surface area contributed by atoms with Gasteiger partial charge in [0, 0.05) is 12.6 Å². The zero-order chi connectivity index (χ0) is 13.7. The summed E-state index contributed by atoms with van der Waals surface area (Å²) >= 11 is 0. The monoisotopic (exact) mass is 250 g/mol. The van der Waals surface area contributed by atoms with Gasteiger partial charge in [0.25, 0.3) is 0 Å². The van der Waals surface area contributed by atoms with Gasteiger partial charge < -0.3 is 15.8 Å². The summed E-state index contributed by atoms with van der Waals surface area (Å²) in [5.74, 6) is 1.01. The minimum absolute atomic E-state index is 0.213. The minimum Gasteiger partial charge on any atom is -0.496 e. The van der Waals surface area contributed by atoms with Crippen molar-refractivity contribution < 1.29 is 4.74 Å². The number of benzene rings is 1. The summed E-state index contributed by atoms with van der Waals surface area (Å²) in [6.07, 6.45) is 1.03. The fraction of sp³-hybridized carbons (Fsp3) is 0.600. The number of hydrogen-bond acceptors (Lipinski definition) is 3. The van der Waals surface area contributed by atoms with Gasteiger partial charge in [0.2, 0.25) is 0 Å². The SMILES string of the molecule is COc1c(C)cc(CCNCC(C)N)c(C)c1C. The van der Waals surface area contributed by atoms with Gasteiger partial charge in [-0.05, 0) is 62.9 Å². The number of ether oxygens (including phenoxy) is 1. The van der Waals surface area contributed by atoms with Gasteiger partial charge in [-0.25, -0.2) is 0 Å². The highest BCUT2D eigenvalue weighted by Crippen LogP contribution is 2.28. The van der Waals surface area contributed by atoms with Crippen LogP contribution in [0.4, 0.5) is 0 Å². The van der Waals surface area contributed by atoms with Gasteiger partial charge in [0.1, 0.15) is 5.75 Å². The molecule has 0 fully saturated rings. The molecule has 0 bridgehead atoms. The summed E-state index contributed by atoms with van der Waals surface area (Å²) in [6, 6.07) is 2.44. The molecule has 1 unspecified atom stereocenters. The van der Waals surface area contributed by atoms with Crippen molar-refractivity contribution in [3.63, 3.8) is 0 Å². The molecular weight excluding hydrogens is 224 g/mol. The minimum atomic E-state index is 0.213. The predicted molar refractivity (Wildman–Crippen MR) is 77.4 cm³/mol. The Labute approximate surface area is 111 Å². The molecule has 3 heteroatoms. The molecule has 18 heavy (non-hydrogen) atoms. The first-order chi connectivity index (χ1) is 8.47. The largest absolute Gasteiger partial charge is 0.496 e. The molecule has 0 aliphatic rings. The maximum Gasteiger partial charge on any atom is 0.124 e. The first-order valence-corrected chi connectivity index (χ1v) is 6.57. The van der Waals surface area contributed by atoms with E-state index in [0.29, 0.717) is 0 Å². The number of nitrogens with one attached hydrogen (secondary N) is 1. The lowest BCUT2D eigenvalue weighted by molar-refractivity contribution is 0.408. The van der Waals surface area contributed by atoms with E-state index in [0.717, 1.165) is 25.3 Å². The molecule has 0 radical (unpaired) electrons. The fourth-order valence-electron chi connectivity index (χ4n) is 2.27. The van der Waals surface area contributed by atoms with E-state index in [4.69, 9.17) is 10.5 Å². The molecule has 1 rings (SSSR count). The third-order valence-corrected chi connectivity index (χ3v) is 3.38. The van der Waals surface area contributed by atoms with Gasteiger partial charge in [0.05, 0.1) is 7.11 Å². The zero-order valence-electron chi connectivity index (χ0n) is 12.3. The maximum absolute atomic E-state index is 5.71. The molecular formula is C15H26N2O. The molecule has 3 N–H and O–H groups in total. The van der Waals surface area contributed by atoms with Crippen molar-refractivity contribution in [3.05, 3.63) is 28.3 Å². The van der Waals surface area contributed by atoms with Gasteiger partial charge in [-0.1, -0.05) is 6.07 Å². The third-order valence-electron chi connectivity index (χ3n) is 3.38. The normalized spacial score (nSPS) is 12.6. The molecule has 0 saturated heterocycles. The van der Waals surface area contributed by atoms with Crippen molar-refractivity contribution in [1.29, 1.82) is 0 Å². The van der Waals surface area contributed by atoms with Gasteiger partial charge in [0.15, 0.2) is 0 Å². The fourth-order valence-corrected chi connectivity index (χ4v) is 2.27. The average Bonchev–Trinajstić information content (AvgIpc) is 2.31. The van der Waals surface area contributed by atoms with Crippen molar-refractivity contribution in [2.24, 2.45) is 5.73 Å². The molecule has 3 nitrogen and oxygen atoms in total. The van der Waals surface area contributed by atoms with Crippen LogP contribution in [0, 0.1) is 20.8 Å². The van der Waals surface area contributed by atoms with E-state index in [1.54, 1.807) is 7.11 Å². The van der Waals surface area contributed by atoms with E-state index in [-0.39, 0.29) is 6.04 Å². The summed E-state index contributed by atoms with van der Waals surface area (Å²) in [5, 5.41) is 3.37. The van der Waals surface area contributed by atoms with Crippen LogP contribution in [0.3, 0.4) is 0 Å². The molecule has 0 amide bonds. The summed E-state index contributed by atoms with van der Waals surface area (Å²) in [5.41, 5.74) is 10.9. The van der Waals surface area contributed by atoms with E-state index in [9.17, 15) is 0 Å². The summed E-state index contributed by atoms with van der Waals surface area (Å²) in [7, 11) is 1.73. The Balaban J connectivity index is 2.72. The molecule has 0 heterocycles. The van der Waals surface area contributed by atoms with Gasteiger partial charge in [-0.15, -0.1) is 0 Å². The average molecular weight is 250 g/mol. The molecule has 1 aromatic carbocycles. The Morgan fingerprint density at radius 2 is 1.94 bits per heavy atom. The van der Waals surface area contributed by atoms with Crippen molar-refractivity contribution >= 4 is 0 Å². The highest BCUT2D eigenvalue weighted by molar-refractivity contribution is 5.49. The Bertz CT molecular complexity index is 400. The van der Waals surface area contributed by atoms with Crippen LogP contribution in [0.1, 0.15) is 29.2 Å². The lowest BCUT2D eigenvalue weighted by Crippen LogP contribution is -2.32. The molecule has 0 saturated carbocycles. The molecule has 0 aromatic heterocycles. The quantitative estimate of drug-likeness (QED) is 0.760. The van der Waals surface area contributed by atoms with Crippen LogP contribution in [0.25, 0.3) is 0 Å². The van der Waals surface area contributed by atoms with Crippen LogP contribution >= 0.6 is 0 Å². The first kappa shape index (κ1) is 15.0. The summed E-state index contributed by atoms with van der Waals surface area (Å²) in [4.78, 5) is 0. The Morgan fingerprint density at radius 3 is 2.50 bits per heavy atom. The first-order valence-electron chi connectivity index (χ1n) is 6.57. The lowest BCUT2D eigenvalue weighted by atomic mass is 9.96. The van der Waals surface area contributed by atoms with Crippen molar-refractivity contribution in [2.45, 2.75) is 40.2 Å². The summed E-state index contributed by atoms with van der Waals surface area (Å²) in [6.45, 7) is 10.2. The molecule has 102 valence electrons. The lowest BCUT2D eigenvalue weighted by Gasteiger charge is -2.16. The van der Waals surface area contributed by atoms with Gasteiger partial charge >= 0.3 is 0 Å². The van der Waals surface area contributed by atoms with Crippen molar-refractivity contribution in [1.82, 2.24) is 5.32 Å². The molecule has 0 aliphatic carbocycles. The van der Waals surface area contributed by atoms with Crippen LogP contribution in [0.15, 0.2) is 6.07 Å². The maximum atomic E-state index is 5.71. The molecule has 0 spiro atoms. The standard InChI is InChI=1S/C15H26N2O/c1-10-8-14(6-7-17-9-11(2)16)12(3)13(4)15(10)18-5/h8,11,17H,6-7,9,16H2,1-5H3. The second kappa shape index (κ2) is 6.76. The highest BCUT2D eigenvalue weighted by atomic mass is 16.5. The Morgan fingerprint density at radius 1 is 1.28 bits per heavy atom. The number of nitrogens with two attached hydrogens (primary N) is 1. The van der Waals surface area contributed by atoms with E-state index < -0.39 is 0 Å². The van der Waals surface area contributed by atoms with E-state index in [1.807, 2.05) is 6.92 Å². The van der Waals surface area contributed by atoms with Crippen molar-refractivity contribution in [3.8, 4) is 5.75 Å². The van der Waals surface area contributed by atoms with E-state index in [2.05, 4.69) is 32.2 Å². The second-order valence-corrected chi connectivity index (χ2v) is 5.07. The number of rotatable bonds is 6. The zero-order valence-corrected chi connectivity index (χ0v) is 12.3. The van der Waals surface area contributed by atoms with Crippen molar-refractivity contribution in [2.75, 3.05) is 20.2 Å². The van der Waals surface area contributed by atoms with E-state index >= 15 is 0 Å². The Hall–Kier alpha value is -1.06. The molecule has 0 aliphatic heterocycles. The van der Waals surface area contributed by atoms with E-state index in [1.165, 1.54) is 22.3 Å². The smallest absolute Gasteiger partial charge is 0.124 e. The third kappa shape index (κ3) is 3.72. The second-order valence-electron chi connectivity index (χ2n) is 5.07. The van der Waals surface area contributed by atoms with Crippen LogP contribution in [0.2, 0.25) is 0 Å². The summed E-state index contributed by atoms with van der Waals surface area (Å²) < 4.78 is 5.44.